The molecule has 4 N–H and O–H groups in total. The number of hydrogen-bond donors (Lipinski definition) is 2. The highest BCUT2D eigenvalue weighted by Gasteiger charge is 2.53. The molecule has 0 aromatic carbocycles. The quantitative estimate of drug-likeness (QED) is 0.164. The summed E-state index contributed by atoms with van der Waals surface area (Å²) in [7, 11) is 0. The van der Waals surface area contributed by atoms with Crippen molar-refractivity contribution in [3.63, 3.8) is 0 Å². The van der Waals surface area contributed by atoms with Gasteiger partial charge >= 0.3 is 5.97 Å². The third kappa shape index (κ3) is 11.2. The smallest absolute Gasteiger partial charge is 0.310 e. The van der Waals surface area contributed by atoms with Crippen molar-refractivity contribution in [3.05, 3.63) is 0 Å². The Balaban J connectivity index is 0. The second kappa shape index (κ2) is 20.1. The molecule has 31 heavy (non-hydrogen) atoms. The van der Waals surface area contributed by atoms with Crippen LogP contribution in [0.3, 0.4) is 0 Å². The number of hydrogen-bond acceptors (Lipinski definition) is 2. The van der Waals surface area contributed by atoms with Gasteiger partial charge in [0.2, 0.25) is 0 Å². The van der Waals surface area contributed by atoms with Crippen LogP contribution in [-0.4, -0.2) is 11.1 Å². The molecular formula is C28H59NO2. The van der Waals surface area contributed by atoms with E-state index in [1.165, 1.54) is 70.6 Å². The Labute approximate surface area is 196 Å². The third-order valence-electron chi connectivity index (χ3n) is 7.62. The lowest BCUT2D eigenvalue weighted by Crippen LogP contribution is -2.48. The van der Waals surface area contributed by atoms with Gasteiger partial charge in [0.15, 0.2) is 0 Å². The average Bonchev–Trinajstić information content (AvgIpc) is 2.74. The minimum atomic E-state index is -0.522. The monoisotopic (exact) mass is 441 g/mol. The van der Waals surface area contributed by atoms with Crippen molar-refractivity contribution in [3.8, 4) is 0 Å². The van der Waals surface area contributed by atoms with Crippen molar-refractivity contribution in [2.24, 2.45) is 10.8 Å². The molecule has 0 bridgehead atoms. The molecule has 3 heteroatoms. The van der Waals surface area contributed by atoms with Crippen molar-refractivity contribution in [1.82, 2.24) is 6.15 Å². The maximum Gasteiger partial charge on any atom is 0.310 e. The predicted octanol–water partition coefficient (Wildman–Crippen LogP) is 10.1. The summed E-state index contributed by atoms with van der Waals surface area (Å²) in [6, 6.07) is 0. The molecule has 0 aliphatic rings. The first-order valence-corrected chi connectivity index (χ1v) is 13.7. The molecule has 0 fully saturated rings. The Kier molecular flexibility index (Phi) is 21.1. The van der Waals surface area contributed by atoms with Crippen LogP contribution >= 0.6 is 0 Å². The highest BCUT2D eigenvalue weighted by atomic mass is 16.4. The maximum absolute atomic E-state index is 13.0. The largest absolute Gasteiger partial charge is 0.481 e. The van der Waals surface area contributed by atoms with Crippen molar-refractivity contribution < 1.29 is 9.90 Å². The van der Waals surface area contributed by atoms with Gasteiger partial charge in [-0.15, -0.1) is 0 Å². The lowest BCUT2D eigenvalue weighted by atomic mass is 9.53. The molecule has 0 aromatic rings. The number of aliphatic carboxylic acids is 1. The predicted molar refractivity (Wildman–Crippen MR) is 138 cm³/mol. The molecule has 0 spiro atoms. The van der Waals surface area contributed by atoms with Crippen LogP contribution in [0.5, 0.6) is 0 Å². The van der Waals surface area contributed by atoms with Gasteiger partial charge in [-0.1, -0.05) is 131 Å². The van der Waals surface area contributed by atoms with Crippen LogP contribution < -0.4 is 6.15 Å². The number of rotatable bonds is 22. The molecule has 0 unspecified atom stereocenters. The molecule has 3 nitrogen and oxygen atoms in total. The number of carboxylic acid groups (broad SMARTS) is 1. The minimum Gasteiger partial charge on any atom is -0.481 e. The molecule has 0 heterocycles. The minimum absolute atomic E-state index is 0. The van der Waals surface area contributed by atoms with E-state index in [2.05, 4.69) is 34.6 Å². The summed E-state index contributed by atoms with van der Waals surface area (Å²) in [6.07, 6.45) is 23.2. The van der Waals surface area contributed by atoms with Gasteiger partial charge in [-0.3, -0.25) is 4.79 Å². The van der Waals surface area contributed by atoms with Gasteiger partial charge in [0, 0.05) is 0 Å². The summed E-state index contributed by atoms with van der Waals surface area (Å²) < 4.78 is 0. The van der Waals surface area contributed by atoms with E-state index in [0.717, 1.165) is 57.8 Å². The van der Waals surface area contributed by atoms with Crippen LogP contribution in [0.2, 0.25) is 0 Å². The molecule has 188 valence electrons. The van der Waals surface area contributed by atoms with Crippen LogP contribution in [0, 0.1) is 10.8 Å². The summed E-state index contributed by atoms with van der Waals surface area (Å²) in [5.74, 6) is -0.487. The van der Waals surface area contributed by atoms with Crippen LogP contribution in [0.15, 0.2) is 0 Å². The lowest BCUT2D eigenvalue weighted by Gasteiger charge is -2.50. The summed E-state index contributed by atoms with van der Waals surface area (Å²) in [5.41, 5.74) is -0.538. The average molecular weight is 442 g/mol. The van der Waals surface area contributed by atoms with Crippen molar-refractivity contribution in [2.75, 3.05) is 0 Å². The van der Waals surface area contributed by atoms with E-state index in [-0.39, 0.29) is 11.6 Å². The fourth-order valence-electron chi connectivity index (χ4n) is 5.60. The van der Waals surface area contributed by atoms with Crippen molar-refractivity contribution in [2.45, 2.75) is 163 Å². The Bertz CT molecular complexity index is 392. The first-order chi connectivity index (χ1) is 14.5. The molecule has 0 amide bonds. The van der Waals surface area contributed by atoms with Crippen LogP contribution in [0.25, 0.3) is 0 Å². The SMILES string of the molecule is CCCCCCCCCC(CCCC)(CCCC)C(CCCC)(CCCC)C(=O)O.N. The Morgan fingerprint density at radius 3 is 1.23 bits per heavy atom. The standard InChI is InChI=1S/C28H56O2.H3N/c1-6-11-16-17-18-19-20-23-27(21-12-7-2,22-13-8-3)28(26(29)30,24-14-9-4)25-15-10-5;/h6-25H2,1-5H3,(H,29,30);1H3. The summed E-state index contributed by atoms with van der Waals surface area (Å²) in [6.45, 7) is 11.2. The Morgan fingerprint density at radius 1 is 0.516 bits per heavy atom. The number of carbonyl (C=O) groups is 1. The van der Waals surface area contributed by atoms with Crippen LogP contribution in [0.4, 0.5) is 0 Å². The van der Waals surface area contributed by atoms with Gasteiger partial charge in [0.05, 0.1) is 5.41 Å². The van der Waals surface area contributed by atoms with Gasteiger partial charge in [0.25, 0.3) is 0 Å². The zero-order chi connectivity index (χ0) is 22.7. The van der Waals surface area contributed by atoms with Gasteiger partial charge < -0.3 is 11.3 Å². The Morgan fingerprint density at radius 2 is 0.839 bits per heavy atom. The van der Waals surface area contributed by atoms with Gasteiger partial charge in [0.1, 0.15) is 0 Å². The summed E-state index contributed by atoms with van der Waals surface area (Å²) in [4.78, 5) is 13.0. The van der Waals surface area contributed by atoms with Crippen LogP contribution in [0.1, 0.15) is 163 Å². The van der Waals surface area contributed by atoms with E-state index in [1.807, 2.05) is 0 Å². The normalized spacial score (nSPS) is 12.0. The molecule has 0 aliphatic heterocycles. The van der Waals surface area contributed by atoms with E-state index in [4.69, 9.17) is 0 Å². The fourth-order valence-corrected chi connectivity index (χ4v) is 5.60. The molecule has 0 aliphatic carbocycles. The second-order valence-electron chi connectivity index (χ2n) is 9.95. The molecule has 0 radical (unpaired) electrons. The Hall–Kier alpha value is -0.570. The second-order valence-corrected chi connectivity index (χ2v) is 9.95. The zero-order valence-electron chi connectivity index (χ0n) is 22.2. The van der Waals surface area contributed by atoms with E-state index < -0.39 is 11.4 Å². The molecule has 0 saturated heterocycles. The highest BCUT2D eigenvalue weighted by Crippen LogP contribution is 2.56. The van der Waals surface area contributed by atoms with E-state index in [9.17, 15) is 9.90 Å². The van der Waals surface area contributed by atoms with Gasteiger partial charge in [-0.2, -0.15) is 0 Å². The van der Waals surface area contributed by atoms with Gasteiger partial charge in [-0.05, 0) is 37.5 Å². The lowest BCUT2D eigenvalue weighted by molar-refractivity contribution is -0.164. The topological polar surface area (TPSA) is 72.3 Å². The number of carboxylic acids is 1. The van der Waals surface area contributed by atoms with Gasteiger partial charge in [-0.25, -0.2) is 0 Å². The fraction of sp³-hybridized carbons (Fsp3) is 0.964. The van der Waals surface area contributed by atoms with Crippen LogP contribution in [-0.2, 0) is 4.79 Å². The zero-order valence-corrected chi connectivity index (χ0v) is 22.2. The van der Waals surface area contributed by atoms with Crippen molar-refractivity contribution >= 4 is 5.97 Å². The maximum atomic E-state index is 13.0. The summed E-state index contributed by atoms with van der Waals surface area (Å²) >= 11 is 0. The molecular weight excluding hydrogens is 382 g/mol. The third-order valence-corrected chi connectivity index (χ3v) is 7.62. The molecule has 0 atom stereocenters. The number of unbranched alkanes of at least 4 members (excludes halogenated alkanes) is 10. The highest BCUT2D eigenvalue weighted by molar-refractivity contribution is 5.76. The van der Waals surface area contributed by atoms with E-state index in [1.54, 1.807) is 0 Å². The van der Waals surface area contributed by atoms with E-state index >= 15 is 0 Å². The van der Waals surface area contributed by atoms with Crippen molar-refractivity contribution in [1.29, 1.82) is 0 Å². The molecule has 0 saturated carbocycles. The van der Waals surface area contributed by atoms with E-state index in [0.29, 0.717) is 0 Å². The first-order valence-electron chi connectivity index (χ1n) is 13.7. The summed E-state index contributed by atoms with van der Waals surface area (Å²) in [5, 5.41) is 10.7. The molecule has 0 rings (SSSR count). The molecule has 0 aromatic heterocycles. The first kappa shape index (κ1) is 32.6.